The van der Waals surface area contributed by atoms with Gasteiger partial charge in [0, 0.05) is 6.54 Å². The first-order valence-corrected chi connectivity index (χ1v) is 7.72. The molecular formula is C14H15Cl3N2. The van der Waals surface area contributed by atoms with Gasteiger partial charge in [-0.05, 0) is 30.4 Å². The lowest BCUT2D eigenvalue weighted by Gasteiger charge is -2.39. The molecule has 2 nitrogen and oxygen atoms in total. The monoisotopic (exact) mass is 316 g/mol. The Balaban J connectivity index is 2.12. The van der Waals surface area contributed by atoms with Crippen LogP contribution in [0.1, 0.15) is 32.0 Å². The van der Waals surface area contributed by atoms with E-state index in [1.54, 1.807) is 0 Å². The second kappa shape index (κ2) is 4.83. The summed E-state index contributed by atoms with van der Waals surface area (Å²) >= 11 is 18.2. The minimum absolute atomic E-state index is 0.362. The maximum Gasteiger partial charge on any atom is 0.124 e. The third kappa shape index (κ3) is 2.35. The highest BCUT2D eigenvalue weighted by Gasteiger charge is 2.33. The summed E-state index contributed by atoms with van der Waals surface area (Å²) < 4.78 is 2.20. The summed E-state index contributed by atoms with van der Waals surface area (Å²) in [6.45, 7) is 3.27. The van der Waals surface area contributed by atoms with Crippen molar-refractivity contribution in [3.8, 4) is 0 Å². The lowest BCUT2D eigenvalue weighted by molar-refractivity contribution is 0.133. The van der Waals surface area contributed by atoms with Crippen LogP contribution in [0.3, 0.4) is 0 Å². The van der Waals surface area contributed by atoms with Gasteiger partial charge in [0.1, 0.15) is 5.82 Å². The number of rotatable bonds is 3. The maximum absolute atomic E-state index is 6.13. The lowest BCUT2D eigenvalue weighted by atomic mass is 9.70. The highest BCUT2D eigenvalue weighted by atomic mass is 35.5. The van der Waals surface area contributed by atoms with Gasteiger partial charge in [-0.2, -0.15) is 0 Å². The van der Waals surface area contributed by atoms with Crippen molar-refractivity contribution in [1.82, 2.24) is 9.55 Å². The SMILES string of the molecule is CC1(Cn2c(CCl)nc3cc(Cl)c(Cl)cc32)CCC1. The molecule has 1 aromatic carbocycles. The van der Waals surface area contributed by atoms with Crippen molar-refractivity contribution in [2.45, 2.75) is 38.6 Å². The van der Waals surface area contributed by atoms with E-state index in [-0.39, 0.29) is 0 Å². The Hall–Kier alpha value is -0.440. The van der Waals surface area contributed by atoms with Crippen LogP contribution < -0.4 is 0 Å². The molecule has 0 amide bonds. The number of nitrogens with zero attached hydrogens (tertiary/aromatic N) is 2. The van der Waals surface area contributed by atoms with Crippen molar-refractivity contribution in [2.24, 2.45) is 5.41 Å². The summed E-state index contributed by atoms with van der Waals surface area (Å²) in [5.74, 6) is 1.29. The van der Waals surface area contributed by atoms with E-state index in [0.29, 0.717) is 21.3 Å². The topological polar surface area (TPSA) is 17.8 Å². The Bertz CT molecular complexity index is 629. The second-order valence-electron chi connectivity index (χ2n) is 5.67. The van der Waals surface area contributed by atoms with E-state index in [9.17, 15) is 0 Å². The maximum atomic E-state index is 6.13. The molecule has 3 rings (SSSR count). The van der Waals surface area contributed by atoms with Gasteiger partial charge in [-0.3, -0.25) is 0 Å². The normalized spacial score (nSPS) is 17.7. The molecule has 0 N–H and O–H groups in total. The van der Waals surface area contributed by atoms with Crippen molar-refractivity contribution >= 4 is 45.8 Å². The van der Waals surface area contributed by atoms with E-state index in [1.165, 1.54) is 19.3 Å². The molecule has 0 bridgehead atoms. The summed E-state index contributed by atoms with van der Waals surface area (Å²) in [4.78, 5) is 4.56. The van der Waals surface area contributed by atoms with Crippen LogP contribution in [0.25, 0.3) is 11.0 Å². The van der Waals surface area contributed by atoms with Crippen molar-refractivity contribution in [3.05, 3.63) is 28.0 Å². The number of aromatic nitrogens is 2. The van der Waals surface area contributed by atoms with Crippen LogP contribution in [0, 0.1) is 5.41 Å². The number of hydrogen-bond donors (Lipinski definition) is 0. The summed E-state index contributed by atoms with van der Waals surface area (Å²) in [6, 6.07) is 3.71. The number of alkyl halides is 1. The minimum atomic E-state index is 0.362. The molecule has 1 fully saturated rings. The third-order valence-electron chi connectivity index (χ3n) is 4.09. The van der Waals surface area contributed by atoms with Crippen molar-refractivity contribution in [3.63, 3.8) is 0 Å². The lowest BCUT2D eigenvalue weighted by Crippen LogP contribution is -2.31. The van der Waals surface area contributed by atoms with Gasteiger partial charge in [0.2, 0.25) is 0 Å². The number of imidazole rings is 1. The van der Waals surface area contributed by atoms with Crippen LogP contribution in [0.5, 0.6) is 0 Å². The molecule has 5 heteroatoms. The van der Waals surface area contributed by atoms with Crippen LogP contribution in [0.15, 0.2) is 12.1 Å². The van der Waals surface area contributed by atoms with E-state index in [1.807, 2.05) is 12.1 Å². The van der Waals surface area contributed by atoms with Crippen molar-refractivity contribution < 1.29 is 0 Å². The number of hydrogen-bond acceptors (Lipinski definition) is 1. The summed E-state index contributed by atoms with van der Waals surface area (Å²) in [6.07, 6.45) is 3.83. The molecule has 0 aliphatic heterocycles. The molecule has 1 aliphatic carbocycles. The Kier molecular flexibility index (Phi) is 3.45. The molecule has 0 saturated heterocycles. The Morgan fingerprint density at radius 2 is 1.95 bits per heavy atom. The zero-order valence-corrected chi connectivity index (χ0v) is 13.0. The highest BCUT2D eigenvalue weighted by molar-refractivity contribution is 6.42. The molecule has 2 aromatic rings. The zero-order chi connectivity index (χ0) is 13.6. The van der Waals surface area contributed by atoms with Gasteiger partial charge in [0.15, 0.2) is 0 Å². The van der Waals surface area contributed by atoms with Crippen LogP contribution in [0.2, 0.25) is 10.0 Å². The molecule has 1 heterocycles. The largest absolute Gasteiger partial charge is 0.326 e. The van der Waals surface area contributed by atoms with Gasteiger partial charge in [-0.1, -0.05) is 36.5 Å². The van der Waals surface area contributed by atoms with Gasteiger partial charge in [0.05, 0.1) is 27.0 Å². The zero-order valence-electron chi connectivity index (χ0n) is 10.7. The quantitative estimate of drug-likeness (QED) is 0.705. The number of benzene rings is 1. The van der Waals surface area contributed by atoms with E-state index in [2.05, 4.69) is 16.5 Å². The number of halogens is 3. The van der Waals surface area contributed by atoms with E-state index < -0.39 is 0 Å². The summed E-state index contributed by atoms with van der Waals surface area (Å²) in [5.41, 5.74) is 2.26. The van der Waals surface area contributed by atoms with Gasteiger partial charge in [-0.25, -0.2) is 4.98 Å². The van der Waals surface area contributed by atoms with Crippen molar-refractivity contribution in [1.29, 1.82) is 0 Å². The average molecular weight is 318 g/mol. The Labute approximate surface area is 127 Å². The summed E-state index contributed by atoms with van der Waals surface area (Å²) in [5, 5.41) is 1.10. The highest BCUT2D eigenvalue weighted by Crippen LogP contribution is 2.43. The fourth-order valence-electron chi connectivity index (χ4n) is 2.77. The molecule has 1 aliphatic rings. The molecule has 0 atom stereocenters. The first kappa shape index (κ1) is 13.5. The van der Waals surface area contributed by atoms with Crippen LogP contribution in [-0.4, -0.2) is 9.55 Å². The number of fused-ring (bicyclic) bond motifs is 1. The van der Waals surface area contributed by atoms with E-state index in [4.69, 9.17) is 34.8 Å². The van der Waals surface area contributed by atoms with Crippen LogP contribution >= 0.6 is 34.8 Å². The van der Waals surface area contributed by atoms with E-state index in [0.717, 1.165) is 23.4 Å². The molecule has 19 heavy (non-hydrogen) atoms. The predicted molar refractivity (Wildman–Crippen MR) is 81.3 cm³/mol. The predicted octanol–water partition coefficient (Wildman–Crippen LogP) is 5.27. The average Bonchev–Trinajstić information content (AvgIpc) is 2.66. The minimum Gasteiger partial charge on any atom is -0.326 e. The first-order valence-electron chi connectivity index (χ1n) is 6.42. The van der Waals surface area contributed by atoms with Gasteiger partial charge in [-0.15, -0.1) is 11.6 Å². The first-order chi connectivity index (χ1) is 9.02. The standard InChI is InChI=1S/C14H15Cl3N2/c1-14(3-2-4-14)8-19-12-6-10(17)9(16)5-11(12)18-13(19)7-15/h5-6H,2-4,7-8H2,1H3. The molecule has 0 spiro atoms. The second-order valence-corrected chi connectivity index (χ2v) is 6.75. The molecule has 0 unspecified atom stereocenters. The third-order valence-corrected chi connectivity index (χ3v) is 5.05. The van der Waals surface area contributed by atoms with Gasteiger partial charge in [0.25, 0.3) is 0 Å². The molecular weight excluding hydrogens is 303 g/mol. The van der Waals surface area contributed by atoms with Crippen molar-refractivity contribution in [2.75, 3.05) is 0 Å². The van der Waals surface area contributed by atoms with E-state index >= 15 is 0 Å². The van der Waals surface area contributed by atoms with Gasteiger partial charge >= 0.3 is 0 Å². The Morgan fingerprint density at radius 1 is 1.26 bits per heavy atom. The smallest absolute Gasteiger partial charge is 0.124 e. The molecule has 1 saturated carbocycles. The Morgan fingerprint density at radius 3 is 2.53 bits per heavy atom. The fourth-order valence-corrected chi connectivity index (χ4v) is 3.29. The molecule has 1 aromatic heterocycles. The summed E-state index contributed by atoms with van der Waals surface area (Å²) in [7, 11) is 0. The molecule has 102 valence electrons. The fraction of sp³-hybridized carbons (Fsp3) is 0.500. The molecule has 0 radical (unpaired) electrons. The van der Waals surface area contributed by atoms with Crippen LogP contribution in [-0.2, 0) is 12.4 Å². The van der Waals surface area contributed by atoms with Crippen LogP contribution in [0.4, 0.5) is 0 Å². The van der Waals surface area contributed by atoms with Gasteiger partial charge < -0.3 is 4.57 Å².